The summed E-state index contributed by atoms with van der Waals surface area (Å²) in [6.45, 7) is 1.90. The lowest BCUT2D eigenvalue weighted by Crippen LogP contribution is -2.17. The number of aryl methyl sites for hydroxylation is 1. The van der Waals surface area contributed by atoms with Gasteiger partial charge in [-0.2, -0.15) is 0 Å². The summed E-state index contributed by atoms with van der Waals surface area (Å²) < 4.78 is 5.07. The van der Waals surface area contributed by atoms with Crippen molar-refractivity contribution in [2.75, 3.05) is 17.9 Å². The van der Waals surface area contributed by atoms with E-state index in [2.05, 4.69) is 10.7 Å². The molecule has 0 aliphatic carbocycles. The van der Waals surface area contributed by atoms with Crippen LogP contribution in [-0.4, -0.2) is 13.0 Å². The number of rotatable bonds is 4. The smallest absolute Gasteiger partial charge is 0.257 e. The molecule has 2 aromatic rings. The molecule has 6 heteroatoms. The van der Waals surface area contributed by atoms with Gasteiger partial charge in [-0.3, -0.25) is 10.6 Å². The van der Waals surface area contributed by atoms with Crippen molar-refractivity contribution in [3.05, 3.63) is 52.5 Å². The maximum Gasteiger partial charge on any atom is 0.257 e. The molecule has 0 saturated heterocycles. The minimum atomic E-state index is -0.270. The van der Waals surface area contributed by atoms with Crippen molar-refractivity contribution >= 4 is 28.9 Å². The number of amides is 1. The number of hydrazine groups is 1. The largest absolute Gasteiger partial charge is 0.495 e. The lowest BCUT2D eigenvalue weighted by atomic mass is 10.1. The van der Waals surface area contributed by atoms with Crippen molar-refractivity contribution < 1.29 is 9.53 Å². The van der Waals surface area contributed by atoms with Crippen molar-refractivity contribution in [3.63, 3.8) is 0 Å². The van der Waals surface area contributed by atoms with Crippen LogP contribution in [0, 0.1) is 6.92 Å². The number of anilines is 2. The molecule has 4 N–H and O–H groups in total. The average molecular weight is 306 g/mol. The average Bonchev–Trinajstić information content (AvgIpc) is 2.47. The van der Waals surface area contributed by atoms with Gasteiger partial charge in [0.2, 0.25) is 0 Å². The van der Waals surface area contributed by atoms with E-state index in [0.717, 1.165) is 5.56 Å². The molecule has 2 aromatic carbocycles. The highest BCUT2D eigenvalue weighted by Gasteiger charge is 2.12. The number of halogens is 1. The van der Waals surface area contributed by atoms with E-state index >= 15 is 0 Å². The molecule has 0 spiro atoms. The summed E-state index contributed by atoms with van der Waals surface area (Å²) in [5.74, 6) is 5.71. The molecule has 0 bridgehead atoms. The van der Waals surface area contributed by atoms with Gasteiger partial charge in [-0.25, -0.2) is 0 Å². The van der Waals surface area contributed by atoms with Gasteiger partial charge in [-0.15, -0.1) is 0 Å². The van der Waals surface area contributed by atoms with Crippen LogP contribution in [0.3, 0.4) is 0 Å². The van der Waals surface area contributed by atoms with Crippen LogP contribution >= 0.6 is 11.6 Å². The van der Waals surface area contributed by atoms with Crippen molar-refractivity contribution in [2.45, 2.75) is 6.92 Å². The summed E-state index contributed by atoms with van der Waals surface area (Å²) in [4.78, 5) is 12.3. The Bertz CT molecular complexity index is 674. The Balaban J connectivity index is 2.26. The maximum absolute atomic E-state index is 12.3. The van der Waals surface area contributed by atoms with Crippen LogP contribution in [0.2, 0.25) is 5.02 Å². The number of carbonyl (C=O) groups excluding carboxylic acids is 1. The van der Waals surface area contributed by atoms with Gasteiger partial charge in [0.25, 0.3) is 5.91 Å². The zero-order chi connectivity index (χ0) is 15.4. The lowest BCUT2D eigenvalue weighted by molar-refractivity contribution is 0.102. The van der Waals surface area contributed by atoms with E-state index in [0.29, 0.717) is 27.7 Å². The zero-order valence-corrected chi connectivity index (χ0v) is 12.5. The molecule has 0 saturated carbocycles. The Labute approximate surface area is 128 Å². The summed E-state index contributed by atoms with van der Waals surface area (Å²) in [6.07, 6.45) is 0. The molecule has 0 radical (unpaired) electrons. The number of nitrogens with one attached hydrogen (secondary N) is 2. The Hall–Kier alpha value is -2.24. The van der Waals surface area contributed by atoms with E-state index in [-0.39, 0.29) is 5.91 Å². The number of ether oxygens (including phenoxy) is 1. The van der Waals surface area contributed by atoms with E-state index in [1.807, 2.05) is 13.0 Å². The van der Waals surface area contributed by atoms with Gasteiger partial charge in [-0.1, -0.05) is 23.2 Å². The number of methoxy groups -OCH3 is 1. The van der Waals surface area contributed by atoms with Gasteiger partial charge in [0, 0.05) is 5.69 Å². The third-order valence-electron chi connectivity index (χ3n) is 2.98. The number of nitrogen functional groups attached to an aromatic ring is 1. The molecular formula is C15H16ClN3O2. The van der Waals surface area contributed by atoms with Crippen molar-refractivity contribution in [2.24, 2.45) is 5.84 Å². The minimum absolute atomic E-state index is 0.270. The number of nitrogens with two attached hydrogens (primary N) is 1. The topological polar surface area (TPSA) is 76.4 Å². The van der Waals surface area contributed by atoms with Gasteiger partial charge >= 0.3 is 0 Å². The highest BCUT2D eigenvalue weighted by atomic mass is 35.5. The maximum atomic E-state index is 12.3. The van der Waals surface area contributed by atoms with Crippen molar-refractivity contribution in [1.82, 2.24) is 0 Å². The fraction of sp³-hybridized carbons (Fsp3) is 0.133. The Morgan fingerprint density at radius 1 is 1.24 bits per heavy atom. The molecule has 0 aromatic heterocycles. The summed E-state index contributed by atoms with van der Waals surface area (Å²) in [5.41, 5.74) is 5.07. The van der Waals surface area contributed by atoms with E-state index in [4.69, 9.17) is 22.2 Å². The van der Waals surface area contributed by atoms with E-state index in [1.54, 1.807) is 30.3 Å². The zero-order valence-electron chi connectivity index (χ0n) is 11.7. The molecule has 110 valence electrons. The van der Waals surface area contributed by atoms with Crippen molar-refractivity contribution in [1.29, 1.82) is 0 Å². The predicted molar refractivity (Wildman–Crippen MR) is 84.9 cm³/mol. The molecule has 0 aliphatic rings. The molecular weight excluding hydrogens is 290 g/mol. The van der Waals surface area contributed by atoms with E-state index in [9.17, 15) is 4.79 Å². The van der Waals surface area contributed by atoms with Crippen LogP contribution in [0.25, 0.3) is 0 Å². The Morgan fingerprint density at radius 2 is 2.00 bits per heavy atom. The quantitative estimate of drug-likeness (QED) is 0.599. The second-order valence-corrected chi connectivity index (χ2v) is 4.90. The molecule has 5 nitrogen and oxygen atoms in total. The van der Waals surface area contributed by atoms with Crippen LogP contribution in [0.5, 0.6) is 5.75 Å². The Kier molecular flexibility index (Phi) is 4.67. The highest BCUT2D eigenvalue weighted by molar-refractivity contribution is 6.32. The molecule has 21 heavy (non-hydrogen) atoms. The van der Waals surface area contributed by atoms with Gasteiger partial charge in [-0.05, 0) is 37.3 Å². The van der Waals surface area contributed by atoms with Crippen LogP contribution in [0.4, 0.5) is 11.4 Å². The van der Waals surface area contributed by atoms with Crippen LogP contribution in [0.15, 0.2) is 36.4 Å². The summed E-state index contributed by atoms with van der Waals surface area (Å²) in [5, 5.41) is 3.21. The first-order valence-corrected chi connectivity index (χ1v) is 6.65. The number of hydrogen-bond donors (Lipinski definition) is 3. The van der Waals surface area contributed by atoms with Gasteiger partial charge in [0.15, 0.2) is 0 Å². The predicted octanol–water partition coefficient (Wildman–Crippen LogP) is 3.19. The van der Waals surface area contributed by atoms with E-state index < -0.39 is 0 Å². The molecule has 0 fully saturated rings. The van der Waals surface area contributed by atoms with Gasteiger partial charge < -0.3 is 15.5 Å². The fourth-order valence-corrected chi connectivity index (χ4v) is 2.17. The molecule has 0 heterocycles. The molecule has 2 rings (SSSR count). The van der Waals surface area contributed by atoms with E-state index in [1.165, 1.54) is 7.11 Å². The van der Waals surface area contributed by atoms with Crippen LogP contribution in [-0.2, 0) is 0 Å². The van der Waals surface area contributed by atoms with Gasteiger partial charge in [0.1, 0.15) is 5.75 Å². The van der Waals surface area contributed by atoms with Crippen molar-refractivity contribution in [3.8, 4) is 5.75 Å². The summed E-state index contributed by atoms with van der Waals surface area (Å²) in [6, 6.07) is 10.4. The lowest BCUT2D eigenvalue weighted by Gasteiger charge is -2.11. The monoisotopic (exact) mass is 305 g/mol. The standard InChI is InChI=1S/C15H16ClN3O2/c1-9-3-5-13(19-17)11(7-9)15(20)18-10-4-6-14(21-2)12(16)8-10/h3-8,19H,17H2,1-2H3,(H,18,20). The molecule has 1 amide bonds. The third kappa shape index (κ3) is 3.45. The first kappa shape index (κ1) is 15.2. The number of hydrogen-bond acceptors (Lipinski definition) is 4. The number of benzene rings is 2. The van der Waals surface area contributed by atoms with Crippen LogP contribution < -0.4 is 21.3 Å². The van der Waals surface area contributed by atoms with Crippen LogP contribution in [0.1, 0.15) is 15.9 Å². The second kappa shape index (κ2) is 6.47. The molecule has 0 atom stereocenters. The normalized spacial score (nSPS) is 10.1. The fourth-order valence-electron chi connectivity index (χ4n) is 1.91. The SMILES string of the molecule is COc1ccc(NC(=O)c2cc(C)ccc2NN)cc1Cl. The number of carbonyl (C=O) groups is 1. The highest BCUT2D eigenvalue weighted by Crippen LogP contribution is 2.28. The summed E-state index contributed by atoms with van der Waals surface area (Å²) in [7, 11) is 1.53. The molecule has 0 aliphatic heterocycles. The minimum Gasteiger partial charge on any atom is -0.495 e. The van der Waals surface area contributed by atoms with Gasteiger partial charge in [0.05, 0.1) is 23.4 Å². The molecule has 0 unspecified atom stereocenters. The Morgan fingerprint density at radius 3 is 2.62 bits per heavy atom. The second-order valence-electron chi connectivity index (χ2n) is 4.50. The first-order chi connectivity index (χ1) is 10.0. The third-order valence-corrected chi connectivity index (χ3v) is 3.28. The summed E-state index contributed by atoms with van der Waals surface area (Å²) >= 11 is 6.03. The first-order valence-electron chi connectivity index (χ1n) is 6.27.